The Hall–Kier alpha value is -0.340. The smallest absolute Gasteiger partial charge is 0.0352 e. The monoisotopic (exact) mass is 241 g/mol. The summed E-state index contributed by atoms with van der Waals surface area (Å²) in [5.41, 5.74) is 9.45. The lowest BCUT2D eigenvalue weighted by atomic mass is 9.93. The Morgan fingerprint density at radius 2 is 1.54 bits per heavy atom. The predicted molar refractivity (Wildman–Crippen MR) is 60.8 cm³/mol. The van der Waals surface area contributed by atoms with Gasteiger partial charge in [0.05, 0.1) is 0 Å². The summed E-state index contributed by atoms with van der Waals surface area (Å²) in [6, 6.07) is 4.27. The van der Waals surface area contributed by atoms with Gasteiger partial charge in [0, 0.05) is 10.0 Å². The molecule has 0 radical (unpaired) electrons. The van der Waals surface area contributed by atoms with E-state index in [0.29, 0.717) is 0 Å². The largest absolute Gasteiger partial charge is 0.322 e. The fourth-order valence-electron chi connectivity index (χ4n) is 1.32. The van der Waals surface area contributed by atoms with Crippen LogP contribution in [0.25, 0.3) is 0 Å². The molecule has 0 amide bonds. The Morgan fingerprint density at radius 3 is 1.85 bits per heavy atom. The van der Waals surface area contributed by atoms with Crippen LogP contribution in [0.3, 0.4) is 0 Å². The van der Waals surface area contributed by atoms with Crippen molar-refractivity contribution < 1.29 is 0 Å². The van der Waals surface area contributed by atoms with Crippen molar-refractivity contribution in [2.24, 2.45) is 5.73 Å². The van der Waals surface area contributed by atoms with Crippen LogP contribution in [0.1, 0.15) is 30.5 Å². The fourth-order valence-corrected chi connectivity index (χ4v) is 1.55. The minimum atomic E-state index is -0.254. The SMILES string of the molecule is Cc1cc(C(C)(C)N)cc(C)c1Br. The zero-order valence-corrected chi connectivity index (χ0v) is 10.2. The normalized spacial score (nSPS) is 11.8. The zero-order chi connectivity index (χ0) is 10.2. The van der Waals surface area contributed by atoms with Gasteiger partial charge in [-0.05, 0) is 44.4 Å². The van der Waals surface area contributed by atoms with Crippen LogP contribution in [-0.4, -0.2) is 0 Å². The lowest BCUT2D eigenvalue weighted by molar-refractivity contribution is 0.553. The van der Waals surface area contributed by atoms with Gasteiger partial charge in [-0.15, -0.1) is 0 Å². The molecule has 72 valence electrons. The van der Waals surface area contributed by atoms with Gasteiger partial charge in [0.2, 0.25) is 0 Å². The third-order valence-electron chi connectivity index (χ3n) is 2.18. The van der Waals surface area contributed by atoms with Gasteiger partial charge >= 0.3 is 0 Å². The van der Waals surface area contributed by atoms with Gasteiger partial charge in [0.1, 0.15) is 0 Å². The molecular weight excluding hydrogens is 226 g/mol. The topological polar surface area (TPSA) is 26.0 Å². The molecule has 2 N–H and O–H groups in total. The Balaban J connectivity index is 3.29. The number of rotatable bonds is 1. The van der Waals surface area contributed by atoms with E-state index in [9.17, 15) is 0 Å². The second kappa shape index (κ2) is 3.43. The van der Waals surface area contributed by atoms with Gasteiger partial charge in [-0.1, -0.05) is 28.1 Å². The number of hydrogen-bond donors (Lipinski definition) is 1. The van der Waals surface area contributed by atoms with E-state index in [0.717, 1.165) is 0 Å². The van der Waals surface area contributed by atoms with E-state index < -0.39 is 0 Å². The number of aryl methyl sites for hydroxylation is 2. The van der Waals surface area contributed by atoms with Gasteiger partial charge in [-0.25, -0.2) is 0 Å². The first kappa shape index (κ1) is 10.7. The molecule has 0 aromatic heterocycles. The van der Waals surface area contributed by atoms with Gasteiger partial charge in [0.15, 0.2) is 0 Å². The number of nitrogens with two attached hydrogens (primary N) is 1. The highest BCUT2D eigenvalue weighted by Gasteiger charge is 2.15. The molecule has 0 heterocycles. The summed E-state index contributed by atoms with van der Waals surface area (Å²) in [6.45, 7) is 8.23. The summed E-state index contributed by atoms with van der Waals surface area (Å²) in [4.78, 5) is 0. The Kier molecular flexibility index (Phi) is 2.83. The molecule has 1 nitrogen and oxygen atoms in total. The molecule has 0 spiro atoms. The minimum Gasteiger partial charge on any atom is -0.322 e. The summed E-state index contributed by atoms with van der Waals surface area (Å²) in [6.07, 6.45) is 0. The van der Waals surface area contributed by atoms with Crippen LogP contribution in [0, 0.1) is 13.8 Å². The highest BCUT2D eigenvalue weighted by Crippen LogP contribution is 2.26. The maximum atomic E-state index is 6.03. The second-order valence-corrected chi connectivity index (χ2v) is 4.94. The zero-order valence-electron chi connectivity index (χ0n) is 8.61. The summed E-state index contributed by atoms with van der Waals surface area (Å²) in [5, 5.41) is 0. The Bertz CT molecular complexity index is 300. The van der Waals surface area contributed by atoms with Crippen LogP contribution in [0.4, 0.5) is 0 Å². The van der Waals surface area contributed by atoms with E-state index >= 15 is 0 Å². The Morgan fingerprint density at radius 1 is 1.15 bits per heavy atom. The van der Waals surface area contributed by atoms with E-state index in [-0.39, 0.29) is 5.54 Å². The lowest BCUT2D eigenvalue weighted by Gasteiger charge is -2.21. The van der Waals surface area contributed by atoms with Gasteiger partial charge in [-0.3, -0.25) is 0 Å². The van der Waals surface area contributed by atoms with Crippen molar-refractivity contribution in [1.29, 1.82) is 0 Å². The van der Waals surface area contributed by atoms with Crippen LogP contribution in [-0.2, 0) is 5.54 Å². The maximum absolute atomic E-state index is 6.03. The summed E-state index contributed by atoms with van der Waals surface area (Å²) >= 11 is 3.54. The Labute approximate surface area is 88.5 Å². The van der Waals surface area contributed by atoms with Crippen LogP contribution in [0.15, 0.2) is 16.6 Å². The van der Waals surface area contributed by atoms with Crippen LogP contribution in [0.5, 0.6) is 0 Å². The van der Waals surface area contributed by atoms with Crippen molar-refractivity contribution in [3.05, 3.63) is 33.3 Å². The highest BCUT2D eigenvalue weighted by molar-refractivity contribution is 9.10. The van der Waals surface area contributed by atoms with E-state index in [4.69, 9.17) is 5.73 Å². The van der Waals surface area contributed by atoms with Crippen molar-refractivity contribution in [3.8, 4) is 0 Å². The first-order valence-corrected chi connectivity index (χ1v) is 5.18. The minimum absolute atomic E-state index is 0.254. The molecule has 0 fully saturated rings. The quantitative estimate of drug-likeness (QED) is 0.803. The van der Waals surface area contributed by atoms with Gasteiger partial charge in [0.25, 0.3) is 0 Å². The van der Waals surface area contributed by atoms with Crippen molar-refractivity contribution in [2.75, 3.05) is 0 Å². The number of benzene rings is 1. The highest BCUT2D eigenvalue weighted by atomic mass is 79.9. The van der Waals surface area contributed by atoms with Crippen molar-refractivity contribution in [1.82, 2.24) is 0 Å². The third-order valence-corrected chi connectivity index (χ3v) is 3.43. The molecular formula is C11H16BrN. The molecule has 1 aromatic rings. The molecule has 1 aromatic carbocycles. The fraction of sp³-hybridized carbons (Fsp3) is 0.455. The molecule has 13 heavy (non-hydrogen) atoms. The van der Waals surface area contributed by atoms with Crippen LogP contribution in [0.2, 0.25) is 0 Å². The maximum Gasteiger partial charge on any atom is 0.0352 e. The summed E-state index contributed by atoms with van der Waals surface area (Å²) < 4.78 is 1.18. The van der Waals surface area contributed by atoms with Crippen LogP contribution < -0.4 is 5.73 Å². The molecule has 0 aliphatic heterocycles. The van der Waals surface area contributed by atoms with Crippen molar-refractivity contribution in [3.63, 3.8) is 0 Å². The molecule has 0 saturated carbocycles. The molecule has 2 heteroatoms. The van der Waals surface area contributed by atoms with Crippen molar-refractivity contribution in [2.45, 2.75) is 33.2 Å². The van der Waals surface area contributed by atoms with Gasteiger partial charge < -0.3 is 5.73 Å². The van der Waals surface area contributed by atoms with E-state index in [1.54, 1.807) is 0 Å². The lowest BCUT2D eigenvalue weighted by Crippen LogP contribution is -2.28. The molecule has 0 saturated heterocycles. The molecule has 0 atom stereocenters. The molecule has 0 aliphatic rings. The second-order valence-electron chi connectivity index (χ2n) is 4.15. The van der Waals surface area contributed by atoms with E-state index in [1.165, 1.54) is 21.2 Å². The van der Waals surface area contributed by atoms with Crippen LogP contribution >= 0.6 is 15.9 Å². The standard InChI is InChI=1S/C11H16BrN/c1-7-5-9(11(3,4)13)6-8(2)10(7)12/h5-6H,13H2,1-4H3. The van der Waals surface area contributed by atoms with Gasteiger partial charge in [-0.2, -0.15) is 0 Å². The molecule has 0 bridgehead atoms. The van der Waals surface area contributed by atoms with E-state index in [1.807, 2.05) is 13.8 Å². The third kappa shape index (κ3) is 2.32. The summed E-state index contributed by atoms with van der Waals surface area (Å²) in [7, 11) is 0. The molecule has 0 unspecified atom stereocenters. The molecule has 0 aliphatic carbocycles. The first-order valence-electron chi connectivity index (χ1n) is 4.38. The number of halogens is 1. The average Bonchev–Trinajstić information content (AvgIpc) is 1.97. The van der Waals surface area contributed by atoms with E-state index in [2.05, 4.69) is 41.9 Å². The predicted octanol–water partition coefficient (Wildman–Crippen LogP) is 3.26. The summed E-state index contributed by atoms with van der Waals surface area (Å²) in [5.74, 6) is 0. The van der Waals surface area contributed by atoms with Crippen molar-refractivity contribution >= 4 is 15.9 Å². The molecule has 1 rings (SSSR count). The average molecular weight is 242 g/mol. The first-order chi connectivity index (χ1) is 5.82. The number of hydrogen-bond acceptors (Lipinski definition) is 1.